The highest BCUT2D eigenvalue weighted by Gasteiger charge is 2.29. The van der Waals surface area contributed by atoms with Gasteiger partial charge in [-0.05, 0) is 72.5 Å². The number of hydrogen-bond donors (Lipinski definition) is 0. The van der Waals surface area contributed by atoms with E-state index in [-0.39, 0.29) is 5.97 Å². The first-order valence-corrected chi connectivity index (χ1v) is 14.7. The third kappa shape index (κ3) is 5.32. The Morgan fingerprint density at radius 2 is 1.55 bits per heavy atom. The van der Waals surface area contributed by atoms with Crippen LogP contribution in [0.2, 0.25) is 0 Å². The van der Waals surface area contributed by atoms with Crippen LogP contribution in [0.25, 0.3) is 33.5 Å². The van der Waals surface area contributed by atoms with E-state index in [4.69, 9.17) is 9.47 Å². The molecule has 9 nitrogen and oxygen atoms in total. The van der Waals surface area contributed by atoms with E-state index >= 15 is 0 Å². The molecule has 2 heterocycles. The van der Waals surface area contributed by atoms with Crippen LogP contribution in [0.5, 0.6) is 6.01 Å². The van der Waals surface area contributed by atoms with Gasteiger partial charge in [-0.15, -0.1) is 5.10 Å². The van der Waals surface area contributed by atoms with Gasteiger partial charge in [0.15, 0.2) is 5.82 Å². The van der Waals surface area contributed by atoms with Gasteiger partial charge in [-0.2, -0.15) is 4.98 Å². The fourth-order valence-electron chi connectivity index (χ4n) is 5.53. The van der Waals surface area contributed by atoms with Crippen LogP contribution in [0.4, 0.5) is 0 Å². The molecule has 44 heavy (non-hydrogen) atoms. The maximum Gasteiger partial charge on any atom is 0.340 e. The SMILES string of the molecule is CCOC(=O)c1cccc2nc(OCC)n(Cc3ccc(-c4ccccc4-c4nnnn4C(C)(C)c4ccccc4)cc3)c12. The molecule has 6 rings (SSSR count). The molecule has 0 atom stereocenters. The van der Waals surface area contributed by atoms with E-state index in [1.54, 1.807) is 13.0 Å². The third-order valence-corrected chi connectivity index (χ3v) is 7.75. The van der Waals surface area contributed by atoms with Gasteiger partial charge < -0.3 is 9.47 Å². The van der Waals surface area contributed by atoms with Crippen molar-refractivity contribution in [2.45, 2.75) is 39.8 Å². The summed E-state index contributed by atoms with van der Waals surface area (Å²) in [5.41, 5.74) is 6.50. The molecule has 0 bridgehead atoms. The molecular weight excluding hydrogens is 552 g/mol. The summed E-state index contributed by atoms with van der Waals surface area (Å²) in [5.74, 6) is 0.309. The van der Waals surface area contributed by atoms with E-state index in [9.17, 15) is 4.79 Å². The van der Waals surface area contributed by atoms with E-state index in [0.717, 1.165) is 27.8 Å². The summed E-state index contributed by atoms with van der Waals surface area (Å²) in [6.07, 6.45) is 0. The maximum atomic E-state index is 12.8. The molecule has 0 aliphatic rings. The molecule has 0 spiro atoms. The number of rotatable bonds is 10. The summed E-state index contributed by atoms with van der Waals surface area (Å²) >= 11 is 0. The molecule has 4 aromatic carbocycles. The van der Waals surface area contributed by atoms with Gasteiger partial charge in [0.05, 0.1) is 41.9 Å². The Balaban J connectivity index is 1.36. The number of esters is 1. The van der Waals surface area contributed by atoms with Crippen LogP contribution in [0, 0.1) is 0 Å². The van der Waals surface area contributed by atoms with Gasteiger partial charge in [-0.25, -0.2) is 9.48 Å². The van der Waals surface area contributed by atoms with Gasteiger partial charge in [-0.1, -0.05) is 84.9 Å². The Labute approximate surface area is 256 Å². The van der Waals surface area contributed by atoms with E-state index in [0.29, 0.717) is 48.2 Å². The zero-order chi connectivity index (χ0) is 30.7. The standard InChI is InChI=1S/C35H34N6O3/c1-5-43-33(42)29-17-12-18-30-31(29)40(34(36-30)44-6-2)23-24-19-21-25(22-20-24)27-15-10-11-16-28(27)32-37-38-39-41(32)35(3,4)26-13-8-7-9-14-26/h7-22H,5-6,23H2,1-4H3. The number of para-hydroxylation sites is 1. The lowest BCUT2D eigenvalue weighted by atomic mass is 9.93. The second-order valence-electron chi connectivity index (χ2n) is 10.9. The third-order valence-electron chi connectivity index (χ3n) is 7.75. The van der Waals surface area contributed by atoms with Crippen LogP contribution in [0.1, 0.15) is 49.2 Å². The van der Waals surface area contributed by atoms with Crippen molar-refractivity contribution in [3.05, 3.63) is 114 Å². The van der Waals surface area contributed by atoms with Crippen LogP contribution in [-0.4, -0.2) is 48.9 Å². The van der Waals surface area contributed by atoms with Gasteiger partial charge >= 0.3 is 5.97 Å². The Morgan fingerprint density at radius 3 is 2.27 bits per heavy atom. The molecule has 222 valence electrons. The maximum absolute atomic E-state index is 12.8. The zero-order valence-electron chi connectivity index (χ0n) is 25.3. The van der Waals surface area contributed by atoms with Crippen LogP contribution >= 0.6 is 0 Å². The lowest BCUT2D eigenvalue weighted by molar-refractivity contribution is 0.0528. The molecule has 0 fully saturated rings. The Hall–Kier alpha value is -5.31. The van der Waals surface area contributed by atoms with Crippen molar-refractivity contribution in [3.63, 3.8) is 0 Å². The summed E-state index contributed by atoms with van der Waals surface area (Å²) in [6.45, 7) is 9.15. The summed E-state index contributed by atoms with van der Waals surface area (Å²) in [7, 11) is 0. The minimum atomic E-state index is -0.467. The van der Waals surface area contributed by atoms with Crippen molar-refractivity contribution >= 4 is 17.0 Å². The summed E-state index contributed by atoms with van der Waals surface area (Å²) in [4.78, 5) is 17.5. The Morgan fingerprint density at radius 1 is 0.818 bits per heavy atom. The minimum Gasteiger partial charge on any atom is -0.465 e. The number of imidazole rings is 1. The van der Waals surface area contributed by atoms with Crippen molar-refractivity contribution in [2.75, 3.05) is 13.2 Å². The molecular formula is C35H34N6O3. The molecule has 9 heteroatoms. The summed E-state index contributed by atoms with van der Waals surface area (Å²) in [6, 6.07) is 32.7. The van der Waals surface area contributed by atoms with Crippen molar-refractivity contribution in [1.82, 2.24) is 29.8 Å². The van der Waals surface area contributed by atoms with Crippen LogP contribution in [0.15, 0.2) is 97.1 Å². The average molecular weight is 587 g/mol. The highest BCUT2D eigenvalue weighted by molar-refractivity contribution is 6.02. The highest BCUT2D eigenvalue weighted by atomic mass is 16.5. The Bertz CT molecular complexity index is 1910. The number of benzene rings is 4. The van der Waals surface area contributed by atoms with Gasteiger partial charge in [-0.3, -0.25) is 4.57 Å². The molecule has 6 aromatic rings. The number of carbonyl (C=O) groups is 1. The molecule has 0 aliphatic carbocycles. The fourth-order valence-corrected chi connectivity index (χ4v) is 5.53. The van der Waals surface area contributed by atoms with E-state index in [2.05, 4.69) is 82.9 Å². The molecule has 0 amide bonds. The lowest BCUT2D eigenvalue weighted by Gasteiger charge is -2.26. The number of fused-ring (bicyclic) bond motifs is 1. The van der Waals surface area contributed by atoms with Crippen molar-refractivity contribution in [1.29, 1.82) is 0 Å². The highest BCUT2D eigenvalue weighted by Crippen LogP contribution is 2.35. The molecule has 2 aromatic heterocycles. The minimum absolute atomic E-state index is 0.292. The van der Waals surface area contributed by atoms with Gasteiger partial charge in [0.25, 0.3) is 6.01 Å². The Kier molecular flexibility index (Phi) is 7.93. The number of hydrogen-bond acceptors (Lipinski definition) is 7. The second-order valence-corrected chi connectivity index (χ2v) is 10.9. The van der Waals surface area contributed by atoms with Crippen LogP contribution in [-0.2, 0) is 16.8 Å². The molecule has 0 saturated carbocycles. The van der Waals surface area contributed by atoms with E-state index < -0.39 is 5.54 Å². The predicted molar refractivity (Wildman–Crippen MR) is 170 cm³/mol. The normalized spacial score (nSPS) is 11.5. The monoisotopic (exact) mass is 586 g/mol. The predicted octanol–water partition coefficient (Wildman–Crippen LogP) is 6.76. The molecule has 0 radical (unpaired) electrons. The first-order chi connectivity index (χ1) is 21.4. The van der Waals surface area contributed by atoms with Gasteiger partial charge in [0.2, 0.25) is 0 Å². The van der Waals surface area contributed by atoms with Crippen molar-refractivity contribution in [2.24, 2.45) is 0 Å². The average Bonchev–Trinajstić information content (AvgIpc) is 3.68. The number of ether oxygens (including phenoxy) is 2. The second kappa shape index (κ2) is 12.1. The first kappa shape index (κ1) is 28.8. The van der Waals surface area contributed by atoms with E-state index in [1.807, 2.05) is 58.6 Å². The molecule has 0 saturated heterocycles. The number of tetrazole rings is 1. The van der Waals surface area contributed by atoms with E-state index in [1.165, 1.54) is 0 Å². The smallest absolute Gasteiger partial charge is 0.340 e. The largest absolute Gasteiger partial charge is 0.465 e. The topological polar surface area (TPSA) is 97.0 Å². The molecule has 0 N–H and O–H groups in total. The van der Waals surface area contributed by atoms with Crippen LogP contribution < -0.4 is 4.74 Å². The summed E-state index contributed by atoms with van der Waals surface area (Å²) in [5, 5.41) is 12.9. The van der Waals surface area contributed by atoms with Crippen molar-refractivity contribution < 1.29 is 14.3 Å². The number of aromatic nitrogens is 6. The molecule has 0 aliphatic heterocycles. The summed E-state index contributed by atoms with van der Waals surface area (Å²) < 4.78 is 15.0. The van der Waals surface area contributed by atoms with Gasteiger partial charge in [0, 0.05) is 5.56 Å². The molecule has 0 unspecified atom stereocenters. The van der Waals surface area contributed by atoms with Crippen molar-refractivity contribution in [3.8, 4) is 28.5 Å². The zero-order valence-corrected chi connectivity index (χ0v) is 25.3. The van der Waals surface area contributed by atoms with Crippen LogP contribution in [0.3, 0.4) is 0 Å². The number of carbonyl (C=O) groups excluding carboxylic acids is 1. The van der Waals surface area contributed by atoms with Gasteiger partial charge in [0.1, 0.15) is 0 Å². The fraction of sp³-hybridized carbons (Fsp3) is 0.229. The quantitative estimate of drug-likeness (QED) is 0.164. The lowest BCUT2D eigenvalue weighted by Crippen LogP contribution is -2.29. The first-order valence-electron chi connectivity index (χ1n) is 14.7. The number of nitrogens with zero attached hydrogens (tertiary/aromatic N) is 6.